The Morgan fingerprint density at radius 2 is 1.81 bits per heavy atom. The van der Waals surface area contributed by atoms with Crippen molar-refractivity contribution in [3.05, 3.63) is 46.4 Å². The summed E-state index contributed by atoms with van der Waals surface area (Å²) in [5, 5.41) is 0. The van der Waals surface area contributed by atoms with Crippen molar-refractivity contribution in [2.24, 2.45) is 5.84 Å². The molecular weight excluding hydrogens is 268 g/mol. The van der Waals surface area contributed by atoms with Crippen LogP contribution in [0.1, 0.15) is 34.3 Å². The molecule has 0 saturated carbocycles. The second-order valence-corrected chi connectivity index (χ2v) is 4.96. The summed E-state index contributed by atoms with van der Waals surface area (Å²) in [4.78, 5) is 0. The Hall–Kier alpha value is -1.98. The van der Waals surface area contributed by atoms with Crippen LogP contribution in [0.25, 0.3) is 0 Å². The van der Waals surface area contributed by atoms with Crippen LogP contribution in [0.15, 0.2) is 22.6 Å². The van der Waals surface area contributed by atoms with E-state index in [1.807, 2.05) is 39.0 Å². The van der Waals surface area contributed by atoms with E-state index < -0.39 is 0 Å². The number of hydrazine groups is 1. The van der Waals surface area contributed by atoms with Crippen LogP contribution in [-0.2, 0) is 0 Å². The predicted octanol–water partition coefficient (Wildman–Crippen LogP) is 2.77. The van der Waals surface area contributed by atoms with Gasteiger partial charge in [0.1, 0.15) is 23.0 Å². The van der Waals surface area contributed by atoms with Crippen molar-refractivity contribution in [2.45, 2.75) is 26.8 Å². The van der Waals surface area contributed by atoms with Crippen LogP contribution in [0, 0.1) is 20.8 Å². The van der Waals surface area contributed by atoms with Crippen LogP contribution in [0.3, 0.4) is 0 Å². The Balaban J connectivity index is 2.56. The van der Waals surface area contributed by atoms with E-state index in [0.29, 0.717) is 0 Å². The molecule has 0 radical (unpaired) electrons. The quantitative estimate of drug-likeness (QED) is 0.654. The molecule has 21 heavy (non-hydrogen) atoms. The second kappa shape index (κ2) is 6.20. The average molecular weight is 290 g/mol. The Morgan fingerprint density at radius 3 is 2.29 bits per heavy atom. The molecule has 114 valence electrons. The highest BCUT2D eigenvalue weighted by molar-refractivity contribution is 5.48. The number of furan rings is 1. The maximum Gasteiger partial charge on any atom is 0.127 e. The number of benzene rings is 1. The van der Waals surface area contributed by atoms with Gasteiger partial charge in [-0.25, -0.2) is 5.43 Å². The maximum atomic E-state index is 5.80. The standard InChI is InChI=1S/C16H22N2O3/c1-9-10(2)21-11(3)15(9)16(18-17)13-7-6-12(19-4)8-14(13)20-5/h6-8,16,18H,17H2,1-5H3. The fourth-order valence-electron chi connectivity index (χ4n) is 2.62. The molecule has 2 rings (SSSR count). The number of hydrogen-bond acceptors (Lipinski definition) is 5. The molecule has 2 aromatic rings. The minimum Gasteiger partial charge on any atom is -0.497 e. The maximum absolute atomic E-state index is 5.80. The van der Waals surface area contributed by atoms with Gasteiger partial charge in [-0.15, -0.1) is 0 Å². The molecule has 0 saturated heterocycles. The topological polar surface area (TPSA) is 69.7 Å². The fraction of sp³-hybridized carbons (Fsp3) is 0.375. The molecule has 0 spiro atoms. The van der Waals surface area contributed by atoms with Crippen LogP contribution < -0.4 is 20.7 Å². The summed E-state index contributed by atoms with van der Waals surface area (Å²) < 4.78 is 16.4. The summed E-state index contributed by atoms with van der Waals surface area (Å²) in [6.45, 7) is 5.92. The molecule has 5 nitrogen and oxygen atoms in total. The predicted molar refractivity (Wildman–Crippen MR) is 81.6 cm³/mol. The molecule has 1 aromatic heterocycles. The molecule has 0 fully saturated rings. The minimum absolute atomic E-state index is 0.205. The molecule has 1 unspecified atom stereocenters. The van der Waals surface area contributed by atoms with E-state index in [-0.39, 0.29) is 6.04 Å². The van der Waals surface area contributed by atoms with Crippen LogP contribution in [0.2, 0.25) is 0 Å². The van der Waals surface area contributed by atoms with Crippen molar-refractivity contribution < 1.29 is 13.9 Å². The Kier molecular flexibility index (Phi) is 4.55. The zero-order chi connectivity index (χ0) is 15.6. The summed E-state index contributed by atoms with van der Waals surface area (Å²) >= 11 is 0. The Morgan fingerprint density at radius 1 is 1.10 bits per heavy atom. The zero-order valence-corrected chi connectivity index (χ0v) is 13.1. The van der Waals surface area contributed by atoms with Gasteiger partial charge in [0, 0.05) is 17.2 Å². The first-order chi connectivity index (χ1) is 10.0. The first-order valence-electron chi connectivity index (χ1n) is 6.78. The average Bonchev–Trinajstić information content (AvgIpc) is 2.74. The summed E-state index contributed by atoms with van der Waals surface area (Å²) in [5.41, 5.74) is 5.93. The van der Waals surface area contributed by atoms with Gasteiger partial charge in [-0.2, -0.15) is 0 Å². The summed E-state index contributed by atoms with van der Waals surface area (Å²) in [6.07, 6.45) is 0. The lowest BCUT2D eigenvalue weighted by Crippen LogP contribution is -2.29. The number of nitrogens with one attached hydrogen (secondary N) is 1. The smallest absolute Gasteiger partial charge is 0.127 e. The SMILES string of the molecule is COc1ccc(C(NN)c2c(C)oc(C)c2C)c(OC)c1. The summed E-state index contributed by atoms with van der Waals surface area (Å²) in [7, 11) is 3.26. The van der Waals surface area contributed by atoms with Crippen molar-refractivity contribution in [1.82, 2.24) is 5.43 Å². The molecule has 5 heteroatoms. The highest BCUT2D eigenvalue weighted by atomic mass is 16.5. The van der Waals surface area contributed by atoms with Gasteiger partial charge in [0.2, 0.25) is 0 Å². The Bertz CT molecular complexity index is 635. The van der Waals surface area contributed by atoms with E-state index in [1.165, 1.54) is 0 Å². The van der Waals surface area contributed by atoms with Gasteiger partial charge in [-0.1, -0.05) is 0 Å². The lowest BCUT2D eigenvalue weighted by Gasteiger charge is -2.20. The van der Waals surface area contributed by atoms with Crippen molar-refractivity contribution in [3.63, 3.8) is 0 Å². The van der Waals surface area contributed by atoms with Crippen molar-refractivity contribution >= 4 is 0 Å². The van der Waals surface area contributed by atoms with Gasteiger partial charge in [0.15, 0.2) is 0 Å². The van der Waals surface area contributed by atoms with E-state index in [4.69, 9.17) is 19.7 Å². The highest BCUT2D eigenvalue weighted by Gasteiger charge is 2.24. The van der Waals surface area contributed by atoms with E-state index in [2.05, 4.69) is 5.43 Å². The van der Waals surface area contributed by atoms with Crippen molar-refractivity contribution in [2.75, 3.05) is 14.2 Å². The van der Waals surface area contributed by atoms with Gasteiger partial charge in [0.05, 0.1) is 20.3 Å². The number of ether oxygens (including phenoxy) is 2. The molecule has 0 aliphatic carbocycles. The normalized spacial score (nSPS) is 12.3. The van der Waals surface area contributed by atoms with Gasteiger partial charge in [-0.05, 0) is 38.5 Å². The van der Waals surface area contributed by atoms with Crippen LogP contribution >= 0.6 is 0 Å². The monoisotopic (exact) mass is 290 g/mol. The second-order valence-electron chi connectivity index (χ2n) is 4.96. The third-order valence-electron chi connectivity index (χ3n) is 3.82. The molecule has 0 aliphatic heterocycles. The lowest BCUT2D eigenvalue weighted by molar-refractivity contribution is 0.387. The summed E-state index contributed by atoms with van der Waals surface area (Å²) in [5.74, 6) is 9.01. The number of methoxy groups -OCH3 is 2. The van der Waals surface area contributed by atoms with E-state index >= 15 is 0 Å². The third kappa shape index (κ3) is 2.75. The lowest BCUT2D eigenvalue weighted by atomic mass is 9.95. The number of nitrogens with two attached hydrogens (primary N) is 1. The van der Waals surface area contributed by atoms with Gasteiger partial charge >= 0.3 is 0 Å². The Labute approximate surface area is 125 Å². The van der Waals surface area contributed by atoms with Crippen molar-refractivity contribution in [1.29, 1.82) is 0 Å². The first kappa shape index (κ1) is 15.4. The number of hydrogen-bond donors (Lipinski definition) is 2. The molecule has 1 atom stereocenters. The molecule has 1 aromatic carbocycles. The fourth-order valence-corrected chi connectivity index (χ4v) is 2.62. The molecule has 0 bridgehead atoms. The van der Waals surface area contributed by atoms with E-state index in [1.54, 1.807) is 14.2 Å². The third-order valence-corrected chi connectivity index (χ3v) is 3.82. The van der Waals surface area contributed by atoms with Crippen molar-refractivity contribution in [3.8, 4) is 11.5 Å². The first-order valence-corrected chi connectivity index (χ1v) is 6.78. The number of rotatable bonds is 5. The van der Waals surface area contributed by atoms with Crippen LogP contribution in [0.4, 0.5) is 0 Å². The molecule has 1 heterocycles. The van der Waals surface area contributed by atoms with E-state index in [9.17, 15) is 0 Å². The highest BCUT2D eigenvalue weighted by Crippen LogP contribution is 2.36. The zero-order valence-electron chi connectivity index (χ0n) is 13.1. The van der Waals surface area contributed by atoms with Crippen LogP contribution in [0.5, 0.6) is 11.5 Å². The molecule has 3 N–H and O–H groups in total. The van der Waals surface area contributed by atoms with Gasteiger partial charge < -0.3 is 13.9 Å². The molecule has 0 amide bonds. The largest absolute Gasteiger partial charge is 0.497 e. The van der Waals surface area contributed by atoms with Gasteiger partial charge in [-0.3, -0.25) is 5.84 Å². The summed E-state index contributed by atoms with van der Waals surface area (Å²) in [6, 6.07) is 5.48. The van der Waals surface area contributed by atoms with E-state index in [0.717, 1.165) is 39.7 Å². The van der Waals surface area contributed by atoms with Crippen LogP contribution in [-0.4, -0.2) is 14.2 Å². The minimum atomic E-state index is -0.205. The molecule has 0 aliphatic rings. The molecular formula is C16H22N2O3. The van der Waals surface area contributed by atoms with Gasteiger partial charge in [0.25, 0.3) is 0 Å². The number of aryl methyl sites for hydroxylation is 2.